The predicted octanol–water partition coefficient (Wildman–Crippen LogP) is 4.85. The van der Waals surface area contributed by atoms with Gasteiger partial charge in [-0.3, -0.25) is 14.5 Å². The molecule has 1 N–H and O–H groups in total. The predicted molar refractivity (Wildman–Crippen MR) is 147 cm³/mol. The number of nitrogens with zero attached hydrogens (tertiary/aromatic N) is 3. The minimum Gasteiger partial charge on any atom is -0.478 e. The van der Waals surface area contributed by atoms with Crippen LogP contribution in [0.5, 0.6) is 0 Å². The van der Waals surface area contributed by atoms with E-state index in [9.17, 15) is 23.6 Å². The summed E-state index contributed by atoms with van der Waals surface area (Å²) in [5, 5.41) is 14.3. The van der Waals surface area contributed by atoms with Crippen LogP contribution in [-0.2, 0) is 19.8 Å². The smallest absolute Gasteiger partial charge is 0.349 e. The maximum atomic E-state index is 14.0. The number of halogens is 1. The largest absolute Gasteiger partial charge is 0.478 e. The van der Waals surface area contributed by atoms with Gasteiger partial charge in [0.15, 0.2) is 5.58 Å². The maximum Gasteiger partial charge on any atom is 0.349 e. The van der Waals surface area contributed by atoms with Gasteiger partial charge < -0.3 is 14.5 Å². The number of hydrogen-bond donors (Lipinski definition) is 1. The molecular weight excluding hydrogens is 533 g/mol. The van der Waals surface area contributed by atoms with E-state index in [2.05, 4.69) is 25.9 Å². The molecule has 1 saturated heterocycles. The quantitative estimate of drug-likeness (QED) is 0.341. The van der Waals surface area contributed by atoms with Gasteiger partial charge in [0, 0.05) is 37.7 Å². The van der Waals surface area contributed by atoms with Crippen LogP contribution in [0.4, 0.5) is 4.39 Å². The third kappa shape index (κ3) is 6.51. The van der Waals surface area contributed by atoms with Crippen molar-refractivity contribution in [2.45, 2.75) is 51.9 Å². The van der Waals surface area contributed by atoms with E-state index < -0.39 is 11.9 Å². The maximum absolute atomic E-state index is 14.0. The van der Waals surface area contributed by atoms with Crippen molar-refractivity contribution in [1.29, 1.82) is 0 Å². The van der Waals surface area contributed by atoms with Gasteiger partial charge in [0.1, 0.15) is 5.82 Å². The van der Waals surface area contributed by atoms with E-state index in [1.165, 1.54) is 16.0 Å². The zero-order valence-electron chi connectivity index (χ0n) is 23.3. The zero-order chi connectivity index (χ0) is 29.9. The van der Waals surface area contributed by atoms with Crippen molar-refractivity contribution in [2.75, 3.05) is 19.6 Å². The first-order chi connectivity index (χ1) is 19.4. The Bertz CT molecular complexity index is 1510. The second-order valence-corrected chi connectivity index (χ2v) is 10.8. The van der Waals surface area contributed by atoms with Crippen LogP contribution in [0.15, 0.2) is 53.1 Å². The van der Waals surface area contributed by atoms with Crippen molar-refractivity contribution in [1.82, 2.24) is 15.1 Å². The van der Waals surface area contributed by atoms with E-state index in [0.717, 1.165) is 17.7 Å². The molecule has 0 radical (unpaired) electrons. The van der Waals surface area contributed by atoms with Crippen molar-refractivity contribution in [3.63, 3.8) is 0 Å². The average molecular weight is 566 g/mol. The molecule has 2 aliphatic heterocycles. The van der Waals surface area contributed by atoms with E-state index >= 15 is 0 Å². The summed E-state index contributed by atoms with van der Waals surface area (Å²) in [7, 11) is 0. The van der Waals surface area contributed by atoms with Gasteiger partial charge in [-0.2, -0.15) is 0 Å². The molecule has 0 atom stereocenters. The first-order valence-corrected chi connectivity index (χ1v) is 13.3. The van der Waals surface area contributed by atoms with Crippen molar-refractivity contribution < 1.29 is 38.0 Å². The number of carbonyl (C=O) groups is 4. The fourth-order valence-electron chi connectivity index (χ4n) is 4.81. The summed E-state index contributed by atoms with van der Waals surface area (Å²) < 4.78 is 19.2. The fourth-order valence-corrected chi connectivity index (χ4v) is 4.81. The molecule has 0 saturated carbocycles. The lowest BCUT2D eigenvalue weighted by Crippen LogP contribution is -2.34. The number of benzene rings is 2. The van der Waals surface area contributed by atoms with E-state index in [-0.39, 0.29) is 29.0 Å². The number of rotatable bonds is 5. The summed E-state index contributed by atoms with van der Waals surface area (Å²) in [5.41, 5.74) is 3.14. The van der Waals surface area contributed by atoms with E-state index in [1.54, 1.807) is 18.2 Å². The lowest BCUT2D eigenvalue weighted by Gasteiger charge is -2.29. The number of fused-ring (bicyclic) bond motifs is 2. The minimum atomic E-state index is -1.22. The number of imide groups is 1. The number of piperidine rings is 1. The Morgan fingerprint density at radius 3 is 2.41 bits per heavy atom. The molecular formula is C30H32FN3O7. The van der Waals surface area contributed by atoms with Crippen LogP contribution >= 0.6 is 0 Å². The van der Waals surface area contributed by atoms with Crippen LogP contribution in [0, 0.1) is 5.82 Å². The SMILES string of the molecule is CCN1C(=O)c2ccc(C(C)(C)C)cc2C1=O.O=C(O)/C=C/C(=O)ON1CCC(c2noc3cccc(F)c23)CC1. The molecule has 0 aliphatic carbocycles. The van der Waals surface area contributed by atoms with Crippen LogP contribution in [0.2, 0.25) is 0 Å². The van der Waals surface area contributed by atoms with Crippen molar-refractivity contribution in [3.05, 3.63) is 76.8 Å². The Morgan fingerprint density at radius 2 is 1.78 bits per heavy atom. The Balaban J connectivity index is 0.000000201. The molecule has 216 valence electrons. The molecule has 2 amide bonds. The first kappa shape index (κ1) is 29.6. The molecule has 10 nitrogen and oxygen atoms in total. The Morgan fingerprint density at radius 1 is 1.10 bits per heavy atom. The van der Waals surface area contributed by atoms with E-state index in [4.69, 9.17) is 14.5 Å². The third-order valence-corrected chi connectivity index (χ3v) is 7.05. The third-order valence-electron chi connectivity index (χ3n) is 7.05. The number of hydroxylamine groups is 2. The molecule has 0 spiro atoms. The minimum absolute atomic E-state index is 0.00710. The zero-order valence-corrected chi connectivity index (χ0v) is 23.3. The first-order valence-electron chi connectivity index (χ1n) is 13.3. The van der Waals surface area contributed by atoms with Crippen LogP contribution in [0.1, 0.15) is 78.4 Å². The Kier molecular flexibility index (Phi) is 8.67. The Hall–Kier alpha value is -4.38. The summed E-state index contributed by atoms with van der Waals surface area (Å²) in [4.78, 5) is 52.1. The molecule has 2 aromatic carbocycles. The molecule has 2 aliphatic rings. The van der Waals surface area contributed by atoms with Crippen molar-refractivity contribution >= 4 is 34.7 Å². The topological polar surface area (TPSA) is 130 Å². The second kappa shape index (κ2) is 12.0. The molecule has 0 bridgehead atoms. The molecule has 41 heavy (non-hydrogen) atoms. The number of aromatic nitrogens is 1. The van der Waals surface area contributed by atoms with Gasteiger partial charge in [-0.05, 0) is 55.0 Å². The normalized spacial score (nSPS) is 16.2. The monoisotopic (exact) mass is 565 g/mol. The summed E-state index contributed by atoms with van der Waals surface area (Å²) in [6.07, 6.45) is 2.81. The molecule has 3 heterocycles. The van der Waals surface area contributed by atoms with Crippen LogP contribution < -0.4 is 0 Å². The highest BCUT2D eigenvalue weighted by Gasteiger charge is 2.35. The molecule has 11 heteroatoms. The van der Waals surface area contributed by atoms with Gasteiger partial charge in [-0.25, -0.2) is 14.0 Å². The molecule has 1 aromatic heterocycles. The lowest BCUT2D eigenvalue weighted by molar-refractivity contribution is -0.189. The van der Waals surface area contributed by atoms with Gasteiger partial charge in [0.25, 0.3) is 11.8 Å². The summed E-state index contributed by atoms with van der Waals surface area (Å²) in [6.45, 7) is 9.40. The fraction of sp³-hybridized carbons (Fsp3) is 0.367. The lowest BCUT2D eigenvalue weighted by atomic mass is 9.85. The van der Waals surface area contributed by atoms with Crippen LogP contribution in [0.3, 0.4) is 0 Å². The standard InChI is InChI=1S/C16H15FN2O5.C14H17NO2/c17-11-2-1-3-12-15(11)16(18-23-12)10-6-8-19(9-7-10)24-14(22)5-4-13(20)21;1-5-15-12(16)10-7-6-9(14(2,3)4)8-11(10)13(15)17/h1-5,10H,6-9H2,(H,20,21);6-8H,5H2,1-4H3/b5-4+;. The summed E-state index contributed by atoms with van der Waals surface area (Å²) in [5.74, 6) is -2.66. The van der Waals surface area contributed by atoms with Crippen LogP contribution in [-0.4, -0.2) is 63.6 Å². The van der Waals surface area contributed by atoms with Gasteiger partial charge in [0.2, 0.25) is 0 Å². The number of carboxylic acids is 1. The molecule has 0 unspecified atom stereocenters. The number of carbonyl (C=O) groups excluding carboxylic acids is 3. The van der Waals surface area contributed by atoms with Crippen molar-refractivity contribution in [2.24, 2.45) is 0 Å². The highest BCUT2D eigenvalue weighted by Crippen LogP contribution is 2.34. The number of carboxylic acid groups (broad SMARTS) is 1. The summed E-state index contributed by atoms with van der Waals surface area (Å²) >= 11 is 0. The van der Waals surface area contributed by atoms with Gasteiger partial charge >= 0.3 is 11.9 Å². The van der Waals surface area contributed by atoms with Gasteiger partial charge in [-0.1, -0.05) is 38.1 Å². The number of amides is 2. The Labute approximate surface area is 236 Å². The van der Waals surface area contributed by atoms with Crippen molar-refractivity contribution in [3.8, 4) is 0 Å². The van der Waals surface area contributed by atoms with Crippen LogP contribution in [0.25, 0.3) is 11.0 Å². The van der Waals surface area contributed by atoms with E-state index in [1.807, 2.05) is 19.1 Å². The average Bonchev–Trinajstić information content (AvgIpc) is 3.47. The number of aliphatic carboxylic acids is 1. The second-order valence-electron chi connectivity index (χ2n) is 10.8. The molecule has 1 fully saturated rings. The van der Waals surface area contributed by atoms with Gasteiger partial charge in [-0.15, -0.1) is 5.06 Å². The highest BCUT2D eigenvalue weighted by molar-refractivity contribution is 6.21. The highest BCUT2D eigenvalue weighted by atomic mass is 19.1. The molecule has 3 aromatic rings. The van der Waals surface area contributed by atoms with Gasteiger partial charge in [0.05, 0.1) is 22.2 Å². The number of hydrogen-bond acceptors (Lipinski definition) is 8. The van der Waals surface area contributed by atoms with E-state index in [0.29, 0.717) is 60.3 Å². The summed E-state index contributed by atoms with van der Waals surface area (Å²) in [6, 6.07) is 10.2. The molecule has 5 rings (SSSR count).